The topological polar surface area (TPSA) is 0 Å². The van der Waals surface area contributed by atoms with Gasteiger partial charge in [-0.2, -0.15) is 0 Å². The van der Waals surface area contributed by atoms with E-state index in [0.29, 0.717) is 5.92 Å². The summed E-state index contributed by atoms with van der Waals surface area (Å²) >= 11 is 0. The summed E-state index contributed by atoms with van der Waals surface area (Å²) in [5.74, 6) is 0.387. The molecule has 40 heavy (non-hydrogen) atoms. The lowest BCUT2D eigenvalue weighted by molar-refractivity contribution is 0.291. The van der Waals surface area contributed by atoms with E-state index >= 15 is 0 Å². The van der Waals surface area contributed by atoms with Gasteiger partial charge in [-0.3, -0.25) is 0 Å². The summed E-state index contributed by atoms with van der Waals surface area (Å²) in [4.78, 5) is 0. The minimum absolute atomic E-state index is 0.222. The predicted molar refractivity (Wildman–Crippen MR) is 181 cm³/mol. The second kappa shape index (κ2) is 15.8. The van der Waals surface area contributed by atoms with Gasteiger partial charge in [-0.25, -0.2) is 0 Å². The molecule has 1 aromatic carbocycles. The Morgan fingerprint density at radius 1 is 0.725 bits per heavy atom. The number of allylic oxidation sites excluding steroid dienone is 20. The lowest BCUT2D eigenvalue weighted by Crippen LogP contribution is -2.25. The molecule has 2 rings (SSSR count). The largest absolute Gasteiger partial charge is 0.0952 e. The van der Waals surface area contributed by atoms with Gasteiger partial charge >= 0.3 is 0 Å². The van der Waals surface area contributed by atoms with Crippen molar-refractivity contribution >= 4 is 6.08 Å². The van der Waals surface area contributed by atoms with Gasteiger partial charge in [-0.1, -0.05) is 152 Å². The third-order valence-corrected chi connectivity index (χ3v) is 7.66. The first-order valence-electron chi connectivity index (χ1n) is 14.4. The van der Waals surface area contributed by atoms with Crippen LogP contribution in [0.3, 0.4) is 0 Å². The third-order valence-electron chi connectivity index (χ3n) is 7.66. The van der Waals surface area contributed by atoms with E-state index in [2.05, 4.69) is 178 Å². The van der Waals surface area contributed by atoms with Gasteiger partial charge in [0.15, 0.2) is 0 Å². The second-order valence-corrected chi connectivity index (χ2v) is 11.8. The Kier molecular flexibility index (Phi) is 12.9. The van der Waals surface area contributed by atoms with Crippen LogP contribution in [0.25, 0.3) is 6.08 Å². The standard InChI is InChI=1S/C40H50/c1-30(18-13-20-32(3)23-26-38-27-25-34(5)36(7)37(38)8)16-11-12-17-31(2)19-14-21-33(4)24-28-39-35(6)22-15-29-40(39,9)10/h11-28,39H,6,29H2,1-5,7-10H3/b12-11+,18-13+,19-14+,26-23+,28-24+,30-16+,31-17+,32-20+,33-21+/t39-/m1/s1. The molecule has 0 amide bonds. The fourth-order valence-corrected chi connectivity index (χ4v) is 4.60. The number of aryl methyl sites for hydroxylation is 1. The molecule has 1 aliphatic rings. The highest BCUT2D eigenvalue weighted by Gasteiger charge is 2.30. The fourth-order valence-electron chi connectivity index (χ4n) is 4.60. The Morgan fingerprint density at radius 3 is 1.82 bits per heavy atom. The molecule has 0 N–H and O–H groups in total. The molecule has 0 nitrogen and oxygen atoms in total. The van der Waals surface area contributed by atoms with E-state index in [-0.39, 0.29) is 5.41 Å². The Balaban J connectivity index is 1.88. The zero-order valence-electron chi connectivity index (χ0n) is 26.4. The van der Waals surface area contributed by atoms with Crippen LogP contribution in [-0.2, 0) is 0 Å². The number of benzene rings is 1. The molecule has 0 saturated carbocycles. The Labute approximate surface area is 245 Å². The average Bonchev–Trinajstić information content (AvgIpc) is 2.88. The molecule has 0 heterocycles. The molecule has 0 radical (unpaired) electrons. The third kappa shape index (κ3) is 10.9. The molecule has 0 aromatic heterocycles. The van der Waals surface area contributed by atoms with Gasteiger partial charge in [0.05, 0.1) is 0 Å². The van der Waals surface area contributed by atoms with Gasteiger partial charge in [0.1, 0.15) is 0 Å². The molecular weight excluding hydrogens is 480 g/mol. The SMILES string of the molecule is C=C1C=CCC(C)(C)[C@@H]1/C=C/C(C)=C/C=C/C(C)=C/C=C/C=C(C)/C=C/C=C(C)/C=C/c1ccc(C)c(C)c1C. The summed E-state index contributed by atoms with van der Waals surface area (Å²) in [5, 5.41) is 0. The Morgan fingerprint density at radius 2 is 1.25 bits per heavy atom. The van der Waals surface area contributed by atoms with Crippen LogP contribution in [0.1, 0.15) is 70.2 Å². The van der Waals surface area contributed by atoms with E-state index in [4.69, 9.17) is 0 Å². The maximum Gasteiger partial charge on any atom is 0.00693 e. The van der Waals surface area contributed by atoms with Crippen LogP contribution in [0, 0.1) is 32.1 Å². The van der Waals surface area contributed by atoms with E-state index in [9.17, 15) is 0 Å². The number of rotatable bonds is 10. The van der Waals surface area contributed by atoms with E-state index < -0.39 is 0 Å². The summed E-state index contributed by atoms with van der Waals surface area (Å²) in [6.07, 6.45) is 35.7. The van der Waals surface area contributed by atoms with E-state index in [0.717, 1.165) is 6.42 Å². The van der Waals surface area contributed by atoms with Crippen LogP contribution in [0.5, 0.6) is 0 Å². The molecule has 0 bridgehead atoms. The zero-order valence-corrected chi connectivity index (χ0v) is 26.4. The molecule has 0 fully saturated rings. The molecule has 210 valence electrons. The summed E-state index contributed by atoms with van der Waals surface area (Å²) in [6, 6.07) is 4.40. The molecule has 1 atom stereocenters. The molecular formula is C40H50. The van der Waals surface area contributed by atoms with Crippen molar-refractivity contribution in [2.75, 3.05) is 0 Å². The predicted octanol–water partition coefficient (Wildman–Crippen LogP) is 11.8. The lowest BCUT2D eigenvalue weighted by Gasteiger charge is -2.35. The number of hydrogen-bond acceptors (Lipinski definition) is 0. The van der Waals surface area contributed by atoms with Crippen molar-refractivity contribution in [3.8, 4) is 0 Å². The van der Waals surface area contributed by atoms with Crippen molar-refractivity contribution in [1.29, 1.82) is 0 Å². The molecule has 1 aromatic rings. The second-order valence-electron chi connectivity index (χ2n) is 11.8. The van der Waals surface area contributed by atoms with Crippen molar-refractivity contribution in [3.05, 3.63) is 160 Å². The van der Waals surface area contributed by atoms with E-state index in [1.54, 1.807) is 0 Å². The zero-order chi connectivity index (χ0) is 29.7. The summed E-state index contributed by atoms with van der Waals surface area (Å²) in [7, 11) is 0. The molecule has 0 spiro atoms. The first kappa shape index (κ1) is 32.6. The molecule has 1 aliphatic carbocycles. The molecule has 0 heteroatoms. The quantitative estimate of drug-likeness (QED) is 0.264. The first-order valence-corrected chi connectivity index (χ1v) is 14.4. The highest BCUT2D eigenvalue weighted by molar-refractivity contribution is 5.59. The van der Waals surface area contributed by atoms with Crippen LogP contribution in [0.2, 0.25) is 0 Å². The van der Waals surface area contributed by atoms with Crippen LogP contribution >= 0.6 is 0 Å². The number of hydrogen-bond donors (Lipinski definition) is 0. The maximum atomic E-state index is 4.25. The van der Waals surface area contributed by atoms with Crippen LogP contribution in [-0.4, -0.2) is 0 Å². The summed E-state index contributed by atoms with van der Waals surface area (Å²) in [5.41, 5.74) is 11.7. The minimum atomic E-state index is 0.222. The highest BCUT2D eigenvalue weighted by Crippen LogP contribution is 2.40. The van der Waals surface area contributed by atoms with Crippen LogP contribution in [0.15, 0.2) is 138 Å². The van der Waals surface area contributed by atoms with Crippen molar-refractivity contribution in [3.63, 3.8) is 0 Å². The first-order chi connectivity index (χ1) is 18.9. The van der Waals surface area contributed by atoms with Crippen LogP contribution < -0.4 is 0 Å². The summed E-state index contributed by atoms with van der Waals surface area (Å²) in [6.45, 7) is 24.0. The average molecular weight is 531 g/mol. The van der Waals surface area contributed by atoms with Gasteiger partial charge in [0, 0.05) is 5.92 Å². The van der Waals surface area contributed by atoms with Gasteiger partial charge in [0.2, 0.25) is 0 Å². The Hall–Kier alpha value is -3.64. The monoisotopic (exact) mass is 530 g/mol. The van der Waals surface area contributed by atoms with Gasteiger partial charge in [0.25, 0.3) is 0 Å². The van der Waals surface area contributed by atoms with Crippen molar-refractivity contribution in [2.45, 2.75) is 68.7 Å². The molecule has 0 unspecified atom stereocenters. The highest BCUT2D eigenvalue weighted by atomic mass is 14.3. The van der Waals surface area contributed by atoms with Gasteiger partial charge in [-0.05, 0) is 88.1 Å². The van der Waals surface area contributed by atoms with Crippen molar-refractivity contribution in [1.82, 2.24) is 0 Å². The fraction of sp³-hybridized carbons (Fsp3) is 0.300. The minimum Gasteiger partial charge on any atom is -0.0952 e. The molecule has 0 aliphatic heterocycles. The van der Waals surface area contributed by atoms with Crippen molar-refractivity contribution < 1.29 is 0 Å². The molecule has 0 saturated heterocycles. The smallest absolute Gasteiger partial charge is 0.00693 e. The normalized spacial score (nSPS) is 19.5. The van der Waals surface area contributed by atoms with Crippen LogP contribution in [0.4, 0.5) is 0 Å². The Bertz CT molecular complexity index is 1350. The lowest BCUT2D eigenvalue weighted by atomic mass is 9.69. The summed E-state index contributed by atoms with van der Waals surface area (Å²) < 4.78 is 0. The van der Waals surface area contributed by atoms with Crippen molar-refractivity contribution in [2.24, 2.45) is 11.3 Å². The maximum absolute atomic E-state index is 4.25. The van der Waals surface area contributed by atoms with Gasteiger partial charge < -0.3 is 0 Å². The van der Waals surface area contributed by atoms with E-state index in [1.807, 2.05) is 0 Å². The van der Waals surface area contributed by atoms with E-state index in [1.165, 1.54) is 50.1 Å². The van der Waals surface area contributed by atoms with Gasteiger partial charge in [-0.15, -0.1) is 0 Å².